The molecule has 3 nitrogen and oxygen atoms in total. The van der Waals surface area contributed by atoms with Gasteiger partial charge in [0.1, 0.15) is 17.4 Å². The van der Waals surface area contributed by atoms with Gasteiger partial charge in [0, 0.05) is 0 Å². The lowest BCUT2D eigenvalue weighted by Gasteiger charge is -2.06. The summed E-state index contributed by atoms with van der Waals surface area (Å²) in [5.74, 6) is -1.21. The third-order valence-corrected chi connectivity index (χ3v) is 3.10. The fourth-order valence-corrected chi connectivity index (χ4v) is 2.19. The Morgan fingerprint density at radius 1 is 1.35 bits per heavy atom. The number of hydrogen-bond donors (Lipinski definition) is 1. The summed E-state index contributed by atoms with van der Waals surface area (Å²) in [6.45, 7) is 1.99. The van der Waals surface area contributed by atoms with E-state index in [0.29, 0.717) is 11.3 Å². The summed E-state index contributed by atoms with van der Waals surface area (Å²) in [7, 11) is 0. The Balaban J connectivity index is 2.05. The van der Waals surface area contributed by atoms with Gasteiger partial charge in [-0.05, 0) is 31.9 Å². The molecule has 5 heteroatoms. The van der Waals surface area contributed by atoms with Crippen molar-refractivity contribution in [2.24, 2.45) is 0 Å². The van der Waals surface area contributed by atoms with Crippen molar-refractivity contribution < 1.29 is 13.5 Å². The van der Waals surface area contributed by atoms with Gasteiger partial charge < -0.3 is 9.72 Å². The predicted octanol–water partition coefficient (Wildman–Crippen LogP) is 3.08. The van der Waals surface area contributed by atoms with Crippen LogP contribution in [0.2, 0.25) is 0 Å². The van der Waals surface area contributed by atoms with Crippen molar-refractivity contribution in [1.29, 1.82) is 0 Å². The van der Waals surface area contributed by atoms with Crippen molar-refractivity contribution in [1.82, 2.24) is 9.97 Å². The molecule has 0 spiro atoms. The van der Waals surface area contributed by atoms with Crippen molar-refractivity contribution in [2.75, 3.05) is 0 Å². The monoisotopic (exact) mass is 238 g/mol. The summed E-state index contributed by atoms with van der Waals surface area (Å²) < 4.78 is 32.2. The van der Waals surface area contributed by atoms with Gasteiger partial charge in [-0.3, -0.25) is 0 Å². The molecular weight excluding hydrogens is 226 g/mol. The highest BCUT2D eigenvalue weighted by atomic mass is 19.2. The van der Waals surface area contributed by atoms with Crippen LogP contribution in [0.15, 0.2) is 12.1 Å². The molecule has 0 bridgehead atoms. The largest absolute Gasteiger partial charge is 0.367 e. The van der Waals surface area contributed by atoms with Crippen LogP contribution in [-0.4, -0.2) is 16.1 Å². The summed E-state index contributed by atoms with van der Waals surface area (Å²) in [5.41, 5.74) is 0.546. The molecular formula is C12H12F2N2O. The van der Waals surface area contributed by atoms with Crippen LogP contribution >= 0.6 is 0 Å². The molecule has 3 rings (SSSR count). The second kappa shape index (κ2) is 3.77. The fraction of sp³-hybridized carbons (Fsp3) is 0.417. The van der Waals surface area contributed by atoms with E-state index in [4.69, 9.17) is 4.74 Å². The first-order valence-corrected chi connectivity index (χ1v) is 5.64. The minimum absolute atomic E-state index is 0.0446. The Morgan fingerprint density at radius 3 is 2.88 bits per heavy atom. The third kappa shape index (κ3) is 1.70. The van der Waals surface area contributed by atoms with Crippen LogP contribution in [-0.2, 0) is 4.74 Å². The fourth-order valence-electron chi connectivity index (χ4n) is 2.19. The number of fused-ring (bicyclic) bond motifs is 1. The Labute approximate surface area is 96.8 Å². The Hall–Kier alpha value is -1.49. The molecule has 1 N–H and O–H groups in total. The molecule has 2 heterocycles. The quantitative estimate of drug-likeness (QED) is 0.829. The van der Waals surface area contributed by atoms with Crippen molar-refractivity contribution in [3.05, 3.63) is 29.6 Å². The van der Waals surface area contributed by atoms with Crippen LogP contribution in [0.5, 0.6) is 0 Å². The molecule has 1 aliphatic heterocycles. The first-order valence-electron chi connectivity index (χ1n) is 5.64. The Bertz CT molecular complexity index is 567. The highest BCUT2D eigenvalue weighted by Crippen LogP contribution is 2.32. The van der Waals surface area contributed by atoms with Crippen LogP contribution in [0, 0.1) is 11.6 Å². The zero-order valence-electron chi connectivity index (χ0n) is 9.34. The molecule has 2 atom stereocenters. The number of H-pyrrole nitrogens is 1. The Morgan fingerprint density at radius 2 is 2.18 bits per heavy atom. The molecule has 0 saturated carbocycles. The minimum atomic E-state index is -0.906. The van der Waals surface area contributed by atoms with Crippen LogP contribution in [0.1, 0.15) is 31.7 Å². The van der Waals surface area contributed by atoms with Gasteiger partial charge in [0.2, 0.25) is 0 Å². The summed E-state index contributed by atoms with van der Waals surface area (Å²) in [4.78, 5) is 7.08. The first kappa shape index (κ1) is 10.7. The van der Waals surface area contributed by atoms with Crippen molar-refractivity contribution in [3.8, 4) is 0 Å². The number of aromatic amines is 1. The van der Waals surface area contributed by atoms with Gasteiger partial charge >= 0.3 is 0 Å². The molecule has 2 unspecified atom stereocenters. The molecule has 90 valence electrons. The molecule has 1 aromatic carbocycles. The minimum Gasteiger partial charge on any atom is -0.367 e. The highest BCUT2D eigenvalue weighted by molar-refractivity contribution is 5.75. The lowest BCUT2D eigenvalue weighted by molar-refractivity contribution is 0.0510. The summed E-state index contributed by atoms with van der Waals surface area (Å²) in [6.07, 6.45) is 1.86. The number of halogens is 2. The molecule has 17 heavy (non-hydrogen) atoms. The standard InChI is InChI=1S/C12H12F2N2O/c1-6-2-5-9(17-6)12-15-8-4-3-7(13)10(14)11(8)16-12/h3-4,6,9H,2,5H2,1H3,(H,15,16). The topological polar surface area (TPSA) is 37.9 Å². The molecule has 0 radical (unpaired) electrons. The number of nitrogens with zero attached hydrogens (tertiary/aromatic N) is 1. The smallest absolute Gasteiger partial charge is 0.186 e. The third-order valence-electron chi connectivity index (χ3n) is 3.10. The number of hydrogen-bond acceptors (Lipinski definition) is 2. The van der Waals surface area contributed by atoms with E-state index in [2.05, 4.69) is 9.97 Å². The maximum absolute atomic E-state index is 13.5. The number of aromatic nitrogens is 2. The SMILES string of the molecule is CC1CCC(c2nc3c(F)c(F)ccc3[nH]2)O1. The van der Waals surface area contributed by atoms with Crippen LogP contribution in [0.4, 0.5) is 8.78 Å². The summed E-state index contributed by atoms with van der Waals surface area (Å²) in [5, 5.41) is 0. The van der Waals surface area contributed by atoms with Crippen LogP contribution < -0.4 is 0 Å². The van der Waals surface area contributed by atoms with E-state index in [9.17, 15) is 8.78 Å². The zero-order valence-corrected chi connectivity index (χ0v) is 9.34. The van der Waals surface area contributed by atoms with E-state index in [1.54, 1.807) is 0 Å². The predicted molar refractivity (Wildman–Crippen MR) is 58.5 cm³/mol. The molecule has 0 amide bonds. The number of benzene rings is 1. The summed E-state index contributed by atoms with van der Waals surface area (Å²) in [6, 6.07) is 2.58. The number of nitrogens with one attached hydrogen (secondary N) is 1. The maximum atomic E-state index is 13.5. The van der Waals surface area contributed by atoms with Crippen LogP contribution in [0.3, 0.4) is 0 Å². The summed E-state index contributed by atoms with van der Waals surface area (Å²) >= 11 is 0. The van der Waals surface area contributed by atoms with Gasteiger partial charge in [-0.25, -0.2) is 13.8 Å². The molecule has 2 aromatic rings. The van der Waals surface area contributed by atoms with E-state index in [0.717, 1.165) is 18.9 Å². The van der Waals surface area contributed by atoms with E-state index >= 15 is 0 Å². The van der Waals surface area contributed by atoms with Gasteiger partial charge in [0.05, 0.1) is 11.6 Å². The lowest BCUT2D eigenvalue weighted by Crippen LogP contribution is -2.02. The van der Waals surface area contributed by atoms with Crippen molar-refractivity contribution >= 4 is 11.0 Å². The average molecular weight is 238 g/mol. The van der Waals surface area contributed by atoms with Gasteiger partial charge in [-0.1, -0.05) is 0 Å². The first-order chi connectivity index (χ1) is 8.15. The van der Waals surface area contributed by atoms with Crippen molar-refractivity contribution in [3.63, 3.8) is 0 Å². The van der Waals surface area contributed by atoms with Gasteiger partial charge in [0.25, 0.3) is 0 Å². The number of ether oxygens (including phenoxy) is 1. The number of rotatable bonds is 1. The number of imidazole rings is 1. The lowest BCUT2D eigenvalue weighted by atomic mass is 10.2. The average Bonchev–Trinajstić information content (AvgIpc) is 2.90. The van der Waals surface area contributed by atoms with Crippen molar-refractivity contribution in [2.45, 2.75) is 32.0 Å². The highest BCUT2D eigenvalue weighted by Gasteiger charge is 2.26. The second-order valence-corrected chi connectivity index (χ2v) is 4.39. The van der Waals surface area contributed by atoms with E-state index in [1.807, 2.05) is 6.92 Å². The Kier molecular flexibility index (Phi) is 2.36. The molecule has 1 aliphatic rings. The molecule has 1 saturated heterocycles. The van der Waals surface area contributed by atoms with E-state index < -0.39 is 11.6 Å². The van der Waals surface area contributed by atoms with Gasteiger partial charge in [-0.15, -0.1) is 0 Å². The van der Waals surface area contributed by atoms with Crippen LogP contribution in [0.25, 0.3) is 11.0 Å². The van der Waals surface area contributed by atoms with E-state index in [1.165, 1.54) is 6.07 Å². The zero-order chi connectivity index (χ0) is 12.0. The van der Waals surface area contributed by atoms with E-state index in [-0.39, 0.29) is 17.7 Å². The molecule has 0 aliphatic carbocycles. The second-order valence-electron chi connectivity index (χ2n) is 4.39. The van der Waals surface area contributed by atoms with Gasteiger partial charge in [0.15, 0.2) is 11.6 Å². The normalized spacial score (nSPS) is 24.6. The molecule has 1 aromatic heterocycles. The molecule has 1 fully saturated rings. The van der Waals surface area contributed by atoms with Gasteiger partial charge in [-0.2, -0.15) is 0 Å². The maximum Gasteiger partial charge on any atom is 0.186 e.